The number of likely N-dealkylation sites (tertiary alicyclic amines) is 1. The van der Waals surface area contributed by atoms with Gasteiger partial charge in [0.1, 0.15) is 0 Å². The molecule has 3 heterocycles. The van der Waals surface area contributed by atoms with Crippen molar-refractivity contribution < 1.29 is 9.32 Å². The molecule has 150 valence electrons. The smallest absolute Gasteiger partial charge is 0.290 e. The molecule has 4 rings (SSSR count). The molecule has 29 heavy (non-hydrogen) atoms. The van der Waals surface area contributed by atoms with Crippen LogP contribution in [0.1, 0.15) is 46.1 Å². The topological polar surface area (TPSA) is 71.3 Å². The molecular weight excluding hydrogens is 388 g/mol. The van der Waals surface area contributed by atoms with E-state index < -0.39 is 0 Å². The molecule has 1 aliphatic rings. The minimum Gasteiger partial charge on any atom is -0.351 e. The van der Waals surface area contributed by atoms with Crippen molar-refractivity contribution in [3.05, 3.63) is 82.5 Å². The van der Waals surface area contributed by atoms with Crippen molar-refractivity contribution in [1.82, 2.24) is 20.4 Å². The van der Waals surface area contributed by atoms with Gasteiger partial charge in [-0.05, 0) is 54.8 Å². The number of nitrogens with zero attached hydrogens (tertiary/aromatic N) is 3. The van der Waals surface area contributed by atoms with Crippen LogP contribution < -0.4 is 5.32 Å². The number of halogens is 1. The molecule has 1 saturated heterocycles. The molecule has 1 N–H and O–H groups in total. The standard InChI is InChI=1S/C22H23ClN4O2/c23-19-5-1-3-17(11-19)14-27-10-2-4-18(15-27)20-12-21(29-26-20)22(28)25-13-16-6-8-24-9-7-16/h1,3,5-9,11-12,18H,2,4,10,13-15H2,(H,25,28)/t18-/m0/s1. The number of amides is 1. The molecule has 0 aliphatic carbocycles. The van der Waals surface area contributed by atoms with Gasteiger partial charge in [0.15, 0.2) is 0 Å². The lowest BCUT2D eigenvalue weighted by Gasteiger charge is -2.31. The lowest BCUT2D eigenvalue weighted by molar-refractivity contribution is 0.0913. The first-order valence-corrected chi connectivity index (χ1v) is 10.2. The van der Waals surface area contributed by atoms with Gasteiger partial charge in [0.2, 0.25) is 5.76 Å². The van der Waals surface area contributed by atoms with Gasteiger partial charge in [-0.1, -0.05) is 28.9 Å². The van der Waals surface area contributed by atoms with Gasteiger partial charge >= 0.3 is 0 Å². The van der Waals surface area contributed by atoms with Crippen LogP contribution in [0.15, 0.2) is 59.4 Å². The first kappa shape index (κ1) is 19.6. The predicted octanol–water partition coefficient (Wildman–Crippen LogP) is 4.03. The molecule has 0 radical (unpaired) electrons. The quantitative estimate of drug-likeness (QED) is 0.664. The number of aromatic nitrogens is 2. The molecule has 3 aromatic rings. The highest BCUT2D eigenvalue weighted by molar-refractivity contribution is 6.30. The molecule has 7 heteroatoms. The summed E-state index contributed by atoms with van der Waals surface area (Å²) in [4.78, 5) is 18.7. The fourth-order valence-electron chi connectivity index (χ4n) is 3.69. The zero-order valence-electron chi connectivity index (χ0n) is 16.1. The van der Waals surface area contributed by atoms with Gasteiger partial charge < -0.3 is 9.84 Å². The summed E-state index contributed by atoms with van der Waals surface area (Å²) in [5.74, 6) is 0.251. The summed E-state index contributed by atoms with van der Waals surface area (Å²) < 4.78 is 5.33. The van der Waals surface area contributed by atoms with Crippen LogP contribution in [0.5, 0.6) is 0 Å². The third-order valence-electron chi connectivity index (χ3n) is 5.17. The Morgan fingerprint density at radius 1 is 1.21 bits per heavy atom. The van der Waals surface area contributed by atoms with Crippen LogP contribution in [0.25, 0.3) is 0 Å². The average molecular weight is 411 g/mol. The largest absolute Gasteiger partial charge is 0.351 e. The van der Waals surface area contributed by atoms with E-state index in [0.717, 1.165) is 48.8 Å². The Balaban J connectivity index is 1.35. The van der Waals surface area contributed by atoms with Gasteiger partial charge in [0.05, 0.1) is 5.69 Å². The van der Waals surface area contributed by atoms with Gasteiger partial charge in [-0.2, -0.15) is 0 Å². The molecule has 1 aromatic carbocycles. The van der Waals surface area contributed by atoms with E-state index in [9.17, 15) is 4.79 Å². The third-order valence-corrected chi connectivity index (χ3v) is 5.41. The number of pyridine rings is 1. The second-order valence-corrected chi connectivity index (χ2v) is 7.79. The Hall–Kier alpha value is -2.70. The van der Waals surface area contributed by atoms with Crippen LogP contribution >= 0.6 is 11.6 Å². The molecule has 0 spiro atoms. The molecular formula is C22H23ClN4O2. The molecule has 6 nitrogen and oxygen atoms in total. The SMILES string of the molecule is O=C(NCc1ccncc1)c1cc([C@H]2CCCN(Cc3cccc(Cl)c3)C2)no1. The van der Waals surface area contributed by atoms with Crippen LogP contribution in [0, 0.1) is 0 Å². The zero-order chi connectivity index (χ0) is 20.1. The summed E-state index contributed by atoms with van der Waals surface area (Å²) in [7, 11) is 0. The number of benzene rings is 1. The molecule has 0 bridgehead atoms. The van der Waals surface area contributed by atoms with Gasteiger partial charge in [0, 0.05) is 49.0 Å². The Bertz CT molecular complexity index is 960. The minimum absolute atomic E-state index is 0.251. The van der Waals surface area contributed by atoms with E-state index in [1.54, 1.807) is 18.5 Å². The first-order chi connectivity index (χ1) is 14.2. The van der Waals surface area contributed by atoms with Gasteiger partial charge in [0.25, 0.3) is 5.91 Å². The van der Waals surface area contributed by atoms with Crippen LogP contribution in [0.3, 0.4) is 0 Å². The Morgan fingerprint density at radius 2 is 2.07 bits per heavy atom. The maximum absolute atomic E-state index is 12.4. The fourth-order valence-corrected chi connectivity index (χ4v) is 3.91. The number of hydrogen-bond donors (Lipinski definition) is 1. The van der Waals surface area contributed by atoms with Crippen molar-refractivity contribution in [3.63, 3.8) is 0 Å². The van der Waals surface area contributed by atoms with E-state index in [2.05, 4.69) is 26.4 Å². The van der Waals surface area contributed by atoms with Crippen LogP contribution in [-0.2, 0) is 13.1 Å². The number of hydrogen-bond acceptors (Lipinski definition) is 5. The molecule has 1 fully saturated rings. The highest BCUT2D eigenvalue weighted by Gasteiger charge is 2.25. The lowest BCUT2D eigenvalue weighted by Crippen LogP contribution is -2.34. The van der Waals surface area contributed by atoms with Crippen molar-refractivity contribution in [2.75, 3.05) is 13.1 Å². The van der Waals surface area contributed by atoms with Crippen molar-refractivity contribution >= 4 is 17.5 Å². The Morgan fingerprint density at radius 3 is 2.90 bits per heavy atom. The second kappa shape index (κ2) is 9.20. The number of carbonyl (C=O) groups is 1. The van der Waals surface area contributed by atoms with Crippen LogP contribution in [0.4, 0.5) is 0 Å². The lowest BCUT2D eigenvalue weighted by atomic mass is 9.94. The summed E-state index contributed by atoms with van der Waals surface area (Å²) in [6, 6.07) is 13.5. The van der Waals surface area contributed by atoms with Crippen molar-refractivity contribution in [2.45, 2.75) is 31.8 Å². The second-order valence-electron chi connectivity index (χ2n) is 7.36. The normalized spacial score (nSPS) is 17.2. The monoisotopic (exact) mass is 410 g/mol. The Kier molecular flexibility index (Phi) is 6.22. The van der Waals surface area contributed by atoms with E-state index in [4.69, 9.17) is 16.1 Å². The highest BCUT2D eigenvalue weighted by Crippen LogP contribution is 2.28. The van der Waals surface area contributed by atoms with Gasteiger partial charge in [-0.15, -0.1) is 0 Å². The number of carbonyl (C=O) groups excluding carboxylic acids is 1. The maximum atomic E-state index is 12.4. The minimum atomic E-state index is -0.257. The zero-order valence-corrected chi connectivity index (χ0v) is 16.8. The summed E-state index contributed by atoms with van der Waals surface area (Å²) in [5, 5.41) is 7.79. The van der Waals surface area contributed by atoms with Gasteiger partial charge in [-0.25, -0.2) is 0 Å². The molecule has 1 atom stereocenters. The molecule has 0 unspecified atom stereocenters. The average Bonchev–Trinajstić information content (AvgIpc) is 3.24. The molecule has 0 saturated carbocycles. The molecule has 1 aliphatic heterocycles. The van der Waals surface area contributed by atoms with Crippen molar-refractivity contribution in [1.29, 1.82) is 0 Å². The van der Waals surface area contributed by atoms with E-state index in [1.165, 1.54) is 5.56 Å². The molecule has 1 amide bonds. The summed E-state index contributed by atoms with van der Waals surface area (Å²) in [5.41, 5.74) is 3.03. The van der Waals surface area contributed by atoms with E-state index in [-0.39, 0.29) is 17.6 Å². The van der Waals surface area contributed by atoms with Gasteiger partial charge in [-0.3, -0.25) is 14.7 Å². The van der Waals surface area contributed by atoms with E-state index >= 15 is 0 Å². The molecule has 2 aromatic heterocycles. The number of piperidine rings is 1. The Labute approximate surface area is 174 Å². The first-order valence-electron chi connectivity index (χ1n) is 9.78. The van der Waals surface area contributed by atoms with E-state index in [0.29, 0.717) is 6.54 Å². The number of nitrogens with one attached hydrogen (secondary N) is 1. The summed E-state index contributed by atoms with van der Waals surface area (Å²) in [6.45, 7) is 3.21. The van der Waals surface area contributed by atoms with Crippen molar-refractivity contribution in [3.8, 4) is 0 Å². The fraction of sp³-hybridized carbons (Fsp3) is 0.318. The maximum Gasteiger partial charge on any atom is 0.290 e. The van der Waals surface area contributed by atoms with Crippen LogP contribution in [0.2, 0.25) is 5.02 Å². The number of rotatable bonds is 6. The third kappa shape index (κ3) is 5.22. The predicted molar refractivity (Wildman–Crippen MR) is 111 cm³/mol. The van der Waals surface area contributed by atoms with Crippen LogP contribution in [-0.4, -0.2) is 34.0 Å². The summed E-state index contributed by atoms with van der Waals surface area (Å²) >= 11 is 6.10. The van der Waals surface area contributed by atoms with Crippen molar-refractivity contribution in [2.24, 2.45) is 0 Å². The highest BCUT2D eigenvalue weighted by atomic mass is 35.5. The summed E-state index contributed by atoms with van der Waals surface area (Å²) in [6.07, 6.45) is 5.52. The van der Waals surface area contributed by atoms with E-state index in [1.807, 2.05) is 30.3 Å².